The van der Waals surface area contributed by atoms with Crippen LogP contribution in [0.2, 0.25) is 0 Å². The van der Waals surface area contributed by atoms with Gasteiger partial charge in [-0.3, -0.25) is 14.7 Å². The van der Waals surface area contributed by atoms with Crippen LogP contribution < -0.4 is 5.32 Å². The minimum Gasteiger partial charge on any atom is -0.379 e. The van der Waals surface area contributed by atoms with Crippen LogP contribution in [0.15, 0.2) is 77.5 Å². The molecule has 1 aromatic rings. The number of carbonyl (C=O) groups excluding carboxylic acids is 1. The fourth-order valence-electron chi connectivity index (χ4n) is 5.45. The number of morpholine rings is 1. The molecule has 0 aliphatic carbocycles. The number of ether oxygens (including phenoxy) is 1. The van der Waals surface area contributed by atoms with Crippen LogP contribution in [-0.4, -0.2) is 50.2 Å². The molecule has 0 bridgehead atoms. The van der Waals surface area contributed by atoms with Gasteiger partial charge in [-0.25, -0.2) is 0 Å². The third-order valence-electron chi connectivity index (χ3n) is 7.55. The number of aldehydes is 1. The fraction of sp³-hybridized carbons (Fsp3) is 0.484. The summed E-state index contributed by atoms with van der Waals surface area (Å²) < 4.78 is 5.49. The molecule has 3 rings (SSSR count). The van der Waals surface area contributed by atoms with Gasteiger partial charge in [0.15, 0.2) is 6.29 Å². The molecule has 5 heteroatoms. The second kappa shape index (κ2) is 14.1. The van der Waals surface area contributed by atoms with E-state index in [0.717, 1.165) is 81.8 Å². The molecule has 0 amide bonds. The van der Waals surface area contributed by atoms with Gasteiger partial charge in [-0.15, -0.1) is 6.58 Å². The van der Waals surface area contributed by atoms with Crippen LogP contribution in [0.3, 0.4) is 0 Å². The predicted molar refractivity (Wildman–Crippen MR) is 150 cm³/mol. The quantitative estimate of drug-likeness (QED) is 0.242. The molecule has 0 aromatic heterocycles. The first kappa shape index (κ1) is 27.8. The maximum Gasteiger partial charge on any atom is 0.150 e. The van der Waals surface area contributed by atoms with Gasteiger partial charge >= 0.3 is 0 Å². The maximum atomic E-state index is 12.0. The third kappa shape index (κ3) is 6.71. The van der Waals surface area contributed by atoms with E-state index < -0.39 is 0 Å². The Morgan fingerprint density at radius 2 is 1.97 bits per heavy atom. The molecular weight excluding hydrogens is 446 g/mol. The van der Waals surface area contributed by atoms with Gasteiger partial charge in [0.25, 0.3) is 0 Å². The van der Waals surface area contributed by atoms with Crippen LogP contribution in [-0.2, 0) is 16.1 Å². The van der Waals surface area contributed by atoms with Crippen LogP contribution in [0.25, 0.3) is 0 Å². The average molecular weight is 490 g/mol. The van der Waals surface area contributed by atoms with Gasteiger partial charge in [0.2, 0.25) is 0 Å². The Morgan fingerprint density at radius 1 is 1.25 bits per heavy atom. The van der Waals surface area contributed by atoms with E-state index in [9.17, 15) is 4.79 Å². The van der Waals surface area contributed by atoms with Crippen molar-refractivity contribution in [2.75, 3.05) is 33.4 Å². The second-order valence-electron chi connectivity index (χ2n) is 9.70. The van der Waals surface area contributed by atoms with Crippen molar-refractivity contribution in [1.29, 1.82) is 0 Å². The minimum atomic E-state index is 0.0755. The molecule has 194 valence electrons. The van der Waals surface area contributed by atoms with Gasteiger partial charge in [-0.2, -0.15) is 0 Å². The van der Waals surface area contributed by atoms with Crippen molar-refractivity contribution < 1.29 is 9.53 Å². The van der Waals surface area contributed by atoms with Crippen LogP contribution in [0.1, 0.15) is 56.7 Å². The van der Waals surface area contributed by atoms with E-state index >= 15 is 0 Å². The lowest BCUT2D eigenvalue weighted by molar-refractivity contribution is -0.104. The SMILES string of the molecule is C=CCCC(CC)CC1C(=NC)C(=C(/C=C)C=O)/C(=C\C)NC1c1ccc(CN2CCOCC2)cc1. The summed E-state index contributed by atoms with van der Waals surface area (Å²) in [5, 5.41) is 3.79. The van der Waals surface area contributed by atoms with Crippen LogP contribution >= 0.6 is 0 Å². The van der Waals surface area contributed by atoms with Crippen LogP contribution in [0, 0.1) is 11.8 Å². The van der Waals surface area contributed by atoms with E-state index in [-0.39, 0.29) is 12.0 Å². The Hall–Kier alpha value is -2.76. The number of benzene rings is 1. The number of carbonyl (C=O) groups is 1. The summed E-state index contributed by atoms with van der Waals surface area (Å²) in [6, 6.07) is 9.10. The zero-order chi connectivity index (χ0) is 25.9. The molecule has 0 saturated carbocycles. The molecule has 0 radical (unpaired) electrons. The topological polar surface area (TPSA) is 53.9 Å². The van der Waals surface area contributed by atoms with E-state index in [1.807, 2.05) is 26.1 Å². The Kier molecular flexibility index (Phi) is 10.9. The Bertz CT molecular complexity index is 974. The smallest absolute Gasteiger partial charge is 0.150 e. The number of rotatable bonds is 11. The summed E-state index contributed by atoms with van der Waals surface area (Å²) in [6.45, 7) is 16.6. The highest BCUT2D eigenvalue weighted by Gasteiger charge is 2.38. The monoisotopic (exact) mass is 489 g/mol. The number of piperidine rings is 1. The molecule has 2 saturated heterocycles. The lowest BCUT2D eigenvalue weighted by Gasteiger charge is -2.40. The van der Waals surface area contributed by atoms with Crippen molar-refractivity contribution >= 4 is 12.0 Å². The minimum absolute atomic E-state index is 0.0755. The standard InChI is InChI=1S/C31H43N3O2/c1-6-10-11-23(7-2)20-27-30(33-28(9-4)29(31(27)32-5)25(8-3)22-35)26-14-12-24(13-15-26)21-34-16-18-36-19-17-34/h6,8-9,12-15,22-23,27,30,33H,1,3,7,10-11,16-21H2,2,4-5H3/b28-9+,29-25-,32-31?. The van der Waals surface area contributed by atoms with Crippen molar-refractivity contribution in [1.82, 2.24) is 10.2 Å². The summed E-state index contributed by atoms with van der Waals surface area (Å²) in [6.07, 6.45) is 10.8. The average Bonchev–Trinajstić information content (AvgIpc) is 2.92. The molecule has 1 N–H and O–H groups in total. The molecule has 3 unspecified atom stereocenters. The predicted octanol–water partition coefficient (Wildman–Crippen LogP) is 5.82. The maximum absolute atomic E-state index is 12.0. The molecule has 5 nitrogen and oxygen atoms in total. The molecule has 2 heterocycles. The zero-order valence-corrected chi connectivity index (χ0v) is 22.3. The van der Waals surface area contributed by atoms with Crippen LogP contribution in [0.5, 0.6) is 0 Å². The van der Waals surface area contributed by atoms with Crippen molar-refractivity contribution in [3.63, 3.8) is 0 Å². The number of nitrogens with zero attached hydrogens (tertiary/aromatic N) is 2. The first-order chi connectivity index (χ1) is 17.6. The number of aliphatic imine (C=N–C) groups is 1. The zero-order valence-electron chi connectivity index (χ0n) is 22.3. The largest absolute Gasteiger partial charge is 0.379 e. The summed E-state index contributed by atoms with van der Waals surface area (Å²) in [7, 11) is 1.85. The molecule has 36 heavy (non-hydrogen) atoms. The highest BCUT2D eigenvalue weighted by Crippen LogP contribution is 2.40. The molecule has 3 atom stereocenters. The van der Waals surface area contributed by atoms with E-state index in [1.165, 1.54) is 11.1 Å². The van der Waals surface area contributed by atoms with Crippen LogP contribution in [0.4, 0.5) is 0 Å². The Morgan fingerprint density at radius 3 is 2.53 bits per heavy atom. The number of hydrogen-bond donors (Lipinski definition) is 1. The van der Waals surface area contributed by atoms with E-state index in [1.54, 1.807) is 6.08 Å². The van der Waals surface area contributed by atoms with Gasteiger partial charge in [-0.1, -0.05) is 62.4 Å². The Labute approximate surface area is 217 Å². The van der Waals surface area contributed by atoms with E-state index in [2.05, 4.69) is 54.6 Å². The van der Waals surface area contributed by atoms with Crippen molar-refractivity contribution in [3.8, 4) is 0 Å². The lowest BCUT2D eigenvalue weighted by atomic mass is 9.74. The van der Waals surface area contributed by atoms with Gasteiger partial charge < -0.3 is 10.1 Å². The number of allylic oxidation sites excluding steroid dienone is 5. The number of nitrogens with one attached hydrogen (secondary N) is 1. The van der Waals surface area contributed by atoms with E-state index in [0.29, 0.717) is 11.5 Å². The van der Waals surface area contributed by atoms with Gasteiger partial charge in [0, 0.05) is 55.2 Å². The van der Waals surface area contributed by atoms with Crippen molar-refractivity contribution in [2.24, 2.45) is 16.8 Å². The summed E-state index contributed by atoms with van der Waals surface area (Å²) >= 11 is 0. The van der Waals surface area contributed by atoms with Gasteiger partial charge in [0.1, 0.15) is 0 Å². The fourth-order valence-corrected chi connectivity index (χ4v) is 5.45. The third-order valence-corrected chi connectivity index (χ3v) is 7.55. The first-order valence-corrected chi connectivity index (χ1v) is 13.3. The molecule has 1 aromatic carbocycles. The first-order valence-electron chi connectivity index (χ1n) is 13.3. The summed E-state index contributed by atoms with van der Waals surface area (Å²) in [5.74, 6) is 0.690. The van der Waals surface area contributed by atoms with Crippen molar-refractivity contribution in [2.45, 2.75) is 52.1 Å². The molecule has 2 aliphatic heterocycles. The second-order valence-corrected chi connectivity index (χ2v) is 9.70. The van der Waals surface area contributed by atoms with Gasteiger partial charge in [0.05, 0.1) is 19.3 Å². The molecule has 0 spiro atoms. The molecule has 2 fully saturated rings. The Balaban J connectivity index is 1.97. The highest BCUT2D eigenvalue weighted by atomic mass is 16.5. The number of hydrogen-bond acceptors (Lipinski definition) is 5. The van der Waals surface area contributed by atoms with E-state index in [4.69, 9.17) is 9.73 Å². The van der Waals surface area contributed by atoms with Gasteiger partial charge in [-0.05, 0) is 43.2 Å². The highest BCUT2D eigenvalue weighted by molar-refractivity contribution is 6.11. The summed E-state index contributed by atoms with van der Waals surface area (Å²) in [5.41, 5.74) is 5.96. The normalized spacial score (nSPS) is 25.3. The van der Waals surface area contributed by atoms with Crippen molar-refractivity contribution in [3.05, 3.63) is 83.6 Å². The molecular formula is C31H43N3O2. The lowest BCUT2D eigenvalue weighted by Crippen LogP contribution is -2.42. The molecule has 2 aliphatic rings. The summed E-state index contributed by atoms with van der Waals surface area (Å²) in [4.78, 5) is 19.2.